The molecule has 2 saturated heterocycles. The average Bonchev–Trinajstić information content (AvgIpc) is 2.83. The quantitative estimate of drug-likeness (QED) is 0.341. The zero-order valence-corrected chi connectivity index (χ0v) is 20.2. The number of nitrogens with one attached hydrogen (secondary N) is 2. The van der Waals surface area contributed by atoms with Crippen molar-refractivity contribution in [2.24, 2.45) is 5.41 Å². The summed E-state index contributed by atoms with van der Waals surface area (Å²) in [5.74, 6) is 1.51. The smallest absolute Gasteiger partial charge is 0.128 e. The van der Waals surface area contributed by atoms with Gasteiger partial charge in [0.2, 0.25) is 0 Å². The molecule has 3 aromatic rings. The van der Waals surface area contributed by atoms with Crippen LogP contribution in [0.4, 0.5) is 11.5 Å². The minimum atomic E-state index is 0.181. The fourth-order valence-electron chi connectivity index (χ4n) is 4.68. The molecule has 2 aliphatic rings. The van der Waals surface area contributed by atoms with Crippen LogP contribution in [-0.4, -0.2) is 41.9 Å². The maximum absolute atomic E-state index is 8.72. The van der Waals surface area contributed by atoms with E-state index in [1.165, 1.54) is 25.2 Å². The predicted molar refractivity (Wildman–Crippen MR) is 136 cm³/mol. The number of aromatic nitrogens is 2. The fraction of sp³-hybridized carbons (Fsp3) is 0.320. The molecule has 9 heteroatoms. The molecule has 2 aromatic heterocycles. The molecule has 0 saturated carbocycles. The number of piperidine rings is 1. The monoisotopic (exact) mass is 496 g/mol. The van der Waals surface area contributed by atoms with Gasteiger partial charge in [-0.25, -0.2) is 4.98 Å². The van der Waals surface area contributed by atoms with Gasteiger partial charge in [0, 0.05) is 66.0 Å². The molecule has 0 bridgehead atoms. The molecule has 4 heterocycles. The number of nitrogens with zero attached hydrogens (tertiary/aromatic N) is 3. The second-order valence-corrected chi connectivity index (χ2v) is 9.85. The molecule has 1 aromatic carbocycles. The molecule has 176 valence electrons. The van der Waals surface area contributed by atoms with Crippen molar-refractivity contribution in [3.8, 4) is 5.75 Å². The summed E-state index contributed by atoms with van der Waals surface area (Å²) in [6, 6.07) is 9.16. The first-order chi connectivity index (χ1) is 16.4. The summed E-state index contributed by atoms with van der Waals surface area (Å²) in [5, 5.41) is 13.1. The molecule has 1 spiro atoms. The lowest BCUT2D eigenvalue weighted by Crippen LogP contribution is -2.62. The van der Waals surface area contributed by atoms with E-state index in [9.17, 15) is 0 Å². The minimum Gasteiger partial charge on any atom is -0.489 e. The van der Waals surface area contributed by atoms with Crippen molar-refractivity contribution in [1.82, 2.24) is 15.3 Å². The number of anilines is 2. The molecule has 5 rings (SSSR count). The predicted octanol–water partition coefficient (Wildman–Crippen LogP) is 4.55. The van der Waals surface area contributed by atoms with Crippen LogP contribution in [0.1, 0.15) is 29.5 Å². The highest BCUT2D eigenvalue weighted by Crippen LogP contribution is 2.38. The van der Waals surface area contributed by atoms with Crippen molar-refractivity contribution in [2.75, 3.05) is 36.8 Å². The molecule has 2 fully saturated rings. The van der Waals surface area contributed by atoms with Gasteiger partial charge < -0.3 is 20.7 Å². The SMILES string of the molecule is N=C(c1ccc(N2CC3(CCCNC3)C2)nc1)c1cc(OCc2c(Cl)cncc2Cl)ccc1N. The van der Waals surface area contributed by atoms with E-state index in [0.29, 0.717) is 49.3 Å². The van der Waals surface area contributed by atoms with Crippen molar-refractivity contribution in [3.63, 3.8) is 0 Å². The van der Waals surface area contributed by atoms with Crippen molar-refractivity contribution >= 4 is 40.4 Å². The van der Waals surface area contributed by atoms with Crippen molar-refractivity contribution < 1.29 is 4.74 Å². The van der Waals surface area contributed by atoms with Crippen LogP contribution < -0.4 is 20.7 Å². The van der Waals surface area contributed by atoms with Crippen LogP contribution in [0.3, 0.4) is 0 Å². The van der Waals surface area contributed by atoms with E-state index in [0.717, 1.165) is 32.0 Å². The molecular formula is C25H26Cl2N6O. The van der Waals surface area contributed by atoms with Gasteiger partial charge in [0.05, 0.1) is 15.8 Å². The Morgan fingerprint density at radius 1 is 1.15 bits per heavy atom. The largest absolute Gasteiger partial charge is 0.489 e. The van der Waals surface area contributed by atoms with E-state index in [1.54, 1.807) is 24.4 Å². The first kappa shape index (κ1) is 22.9. The molecule has 0 atom stereocenters. The second-order valence-electron chi connectivity index (χ2n) is 9.04. The Kier molecular flexibility index (Phi) is 6.34. The van der Waals surface area contributed by atoms with Gasteiger partial charge in [-0.05, 0) is 49.7 Å². The van der Waals surface area contributed by atoms with E-state index in [-0.39, 0.29) is 6.61 Å². The lowest BCUT2D eigenvalue weighted by Gasteiger charge is -2.53. The molecule has 0 amide bonds. The van der Waals surface area contributed by atoms with Crippen LogP contribution in [0, 0.1) is 10.8 Å². The normalized spacial score (nSPS) is 16.8. The van der Waals surface area contributed by atoms with Gasteiger partial charge in [0.1, 0.15) is 18.2 Å². The Hall–Kier alpha value is -2.87. The standard InChI is InChI=1S/C25H26Cl2N6O/c26-20-10-31-11-21(27)19(20)12-34-17-3-4-22(28)18(8-17)24(29)16-2-5-23(32-9-16)33-14-25(15-33)6-1-7-30-13-25/h2-5,8-11,29-30H,1,6-7,12-15,28H2. The highest BCUT2D eigenvalue weighted by Gasteiger charge is 2.43. The van der Waals surface area contributed by atoms with Crippen molar-refractivity contribution in [1.29, 1.82) is 5.41 Å². The number of ether oxygens (including phenoxy) is 1. The Balaban J connectivity index is 1.27. The number of halogens is 2. The number of hydrogen-bond acceptors (Lipinski definition) is 7. The summed E-state index contributed by atoms with van der Waals surface area (Å²) in [7, 11) is 0. The summed E-state index contributed by atoms with van der Waals surface area (Å²) >= 11 is 12.4. The van der Waals surface area contributed by atoms with E-state index < -0.39 is 0 Å². The molecule has 4 N–H and O–H groups in total. The third-order valence-electron chi connectivity index (χ3n) is 6.60. The Morgan fingerprint density at radius 3 is 2.62 bits per heavy atom. The maximum Gasteiger partial charge on any atom is 0.128 e. The number of nitrogen functional groups attached to an aromatic ring is 1. The van der Waals surface area contributed by atoms with Gasteiger partial charge in [-0.15, -0.1) is 0 Å². The second kappa shape index (κ2) is 9.41. The van der Waals surface area contributed by atoms with E-state index >= 15 is 0 Å². The minimum absolute atomic E-state index is 0.181. The highest BCUT2D eigenvalue weighted by atomic mass is 35.5. The van der Waals surface area contributed by atoms with Crippen LogP contribution in [0.2, 0.25) is 10.0 Å². The molecule has 0 radical (unpaired) electrons. The number of benzene rings is 1. The van der Waals surface area contributed by atoms with Gasteiger partial charge in [0.25, 0.3) is 0 Å². The van der Waals surface area contributed by atoms with Gasteiger partial charge in [-0.2, -0.15) is 0 Å². The topological polar surface area (TPSA) is 100 Å². The maximum atomic E-state index is 8.72. The molecule has 7 nitrogen and oxygen atoms in total. The zero-order chi connectivity index (χ0) is 23.7. The zero-order valence-electron chi connectivity index (χ0n) is 18.7. The van der Waals surface area contributed by atoms with Crippen LogP contribution in [-0.2, 0) is 6.61 Å². The van der Waals surface area contributed by atoms with Crippen LogP contribution in [0.15, 0.2) is 48.9 Å². The third kappa shape index (κ3) is 4.56. The van der Waals surface area contributed by atoms with E-state index in [2.05, 4.69) is 20.2 Å². The van der Waals surface area contributed by atoms with Gasteiger partial charge >= 0.3 is 0 Å². The molecule has 0 unspecified atom stereocenters. The van der Waals surface area contributed by atoms with Gasteiger partial charge in [0.15, 0.2) is 0 Å². The lowest BCUT2D eigenvalue weighted by molar-refractivity contribution is 0.156. The van der Waals surface area contributed by atoms with E-state index in [4.69, 9.17) is 39.1 Å². The third-order valence-corrected chi connectivity index (χ3v) is 7.25. The summed E-state index contributed by atoms with van der Waals surface area (Å²) in [5.41, 5.74) is 9.30. The number of hydrogen-bond donors (Lipinski definition) is 3. The molecular weight excluding hydrogens is 471 g/mol. The van der Waals surface area contributed by atoms with Crippen LogP contribution in [0.25, 0.3) is 0 Å². The van der Waals surface area contributed by atoms with Crippen molar-refractivity contribution in [3.05, 3.63) is 75.7 Å². The molecule has 34 heavy (non-hydrogen) atoms. The Labute approximate surface area is 208 Å². The molecule has 2 aliphatic heterocycles. The fourth-order valence-corrected chi connectivity index (χ4v) is 5.15. The van der Waals surface area contributed by atoms with E-state index in [1.807, 2.05) is 12.1 Å². The van der Waals surface area contributed by atoms with Crippen LogP contribution in [0.5, 0.6) is 5.75 Å². The van der Waals surface area contributed by atoms with Crippen LogP contribution >= 0.6 is 23.2 Å². The number of pyridine rings is 2. The Morgan fingerprint density at radius 2 is 1.94 bits per heavy atom. The van der Waals surface area contributed by atoms with Gasteiger partial charge in [-0.1, -0.05) is 23.2 Å². The highest BCUT2D eigenvalue weighted by molar-refractivity contribution is 6.35. The first-order valence-electron chi connectivity index (χ1n) is 11.3. The average molecular weight is 497 g/mol. The summed E-state index contributed by atoms with van der Waals surface area (Å²) in [4.78, 5) is 10.9. The summed E-state index contributed by atoms with van der Waals surface area (Å²) < 4.78 is 5.89. The lowest BCUT2D eigenvalue weighted by atomic mass is 9.74. The van der Waals surface area contributed by atoms with Crippen molar-refractivity contribution in [2.45, 2.75) is 19.4 Å². The Bertz CT molecular complexity index is 1180. The van der Waals surface area contributed by atoms with Gasteiger partial charge in [-0.3, -0.25) is 10.4 Å². The number of nitrogens with two attached hydrogens (primary N) is 1. The summed E-state index contributed by atoms with van der Waals surface area (Å²) in [6.45, 7) is 4.45. The summed E-state index contributed by atoms with van der Waals surface area (Å²) in [6.07, 6.45) is 7.31. The number of rotatable bonds is 6. The first-order valence-corrected chi connectivity index (χ1v) is 12.0. The molecule has 0 aliphatic carbocycles.